The zero-order valence-corrected chi connectivity index (χ0v) is 12.3. The highest BCUT2D eigenvalue weighted by molar-refractivity contribution is 5.92. The Hall–Kier alpha value is -1.32. The van der Waals surface area contributed by atoms with Crippen LogP contribution in [0, 0.1) is 13.8 Å². The van der Waals surface area contributed by atoms with Crippen LogP contribution in [0.4, 0.5) is 5.69 Å². The fourth-order valence-corrected chi connectivity index (χ4v) is 2.57. The minimum Gasteiger partial charge on any atom is -0.368 e. The van der Waals surface area contributed by atoms with E-state index in [4.69, 9.17) is 0 Å². The van der Waals surface area contributed by atoms with Crippen LogP contribution < -0.4 is 10.2 Å². The predicted molar refractivity (Wildman–Crippen MR) is 83.5 cm³/mol. The number of benzene rings is 1. The lowest BCUT2D eigenvalue weighted by Gasteiger charge is -2.30. The van der Waals surface area contributed by atoms with Crippen LogP contribution in [0.2, 0.25) is 0 Å². The molecule has 1 aliphatic rings. The summed E-state index contributed by atoms with van der Waals surface area (Å²) in [7, 11) is 0. The number of nitrogens with one attached hydrogen (secondary N) is 1. The lowest BCUT2D eigenvalue weighted by Crippen LogP contribution is -2.43. The number of fused-ring (bicyclic) bond motifs is 1. The van der Waals surface area contributed by atoms with Gasteiger partial charge in [0.1, 0.15) is 0 Å². The molecular formula is C15H20ClN3. The van der Waals surface area contributed by atoms with Gasteiger partial charge in [0.05, 0.1) is 5.52 Å². The van der Waals surface area contributed by atoms with Gasteiger partial charge in [-0.2, -0.15) is 0 Å². The summed E-state index contributed by atoms with van der Waals surface area (Å²) >= 11 is 0. The highest BCUT2D eigenvalue weighted by Gasteiger charge is 2.13. The second-order valence-corrected chi connectivity index (χ2v) is 5.02. The van der Waals surface area contributed by atoms with E-state index in [1.54, 1.807) is 0 Å². The number of hydrogen-bond acceptors (Lipinski definition) is 3. The van der Waals surface area contributed by atoms with Crippen molar-refractivity contribution in [1.29, 1.82) is 0 Å². The summed E-state index contributed by atoms with van der Waals surface area (Å²) in [6.45, 7) is 8.60. The predicted octanol–water partition coefficient (Wildman–Crippen LogP) is 2.68. The zero-order valence-electron chi connectivity index (χ0n) is 11.4. The number of hydrogen-bond donors (Lipinski definition) is 1. The smallest absolute Gasteiger partial charge is 0.0725 e. The van der Waals surface area contributed by atoms with Crippen molar-refractivity contribution in [2.75, 3.05) is 31.1 Å². The molecule has 4 heteroatoms. The van der Waals surface area contributed by atoms with Crippen LogP contribution in [0.15, 0.2) is 24.4 Å². The third kappa shape index (κ3) is 2.67. The first-order valence-corrected chi connectivity index (χ1v) is 6.57. The number of anilines is 1. The molecule has 1 aliphatic heterocycles. The molecule has 102 valence electrons. The maximum Gasteiger partial charge on any atom is 0.0725 e. The van der Waals surface area contributed by atoms with E-state index >= 15 is 0 Å². The first kappa shape index (κ1) is 14.1. The molecule has 3 rings (SSSR count). The average Bonchev–Trinajstić information content (AvgIpc) is 2.40. The molecule has 0 amide bonds. The fraction of sp³-hybridized carbons (Fsp3) is 0.400. The zero-order chi connectivity index (χ0) is 12.5. The minimum atomic E-state index is 0. The van der Waals surface area contributed by atoms with Crippen molar-refractivity contribution in [2.24, 2.45) is 0 Å². The molecule has 1 N–H and O–H groups in total. The quantitative estimate of drug-likeness (QED) is 0.869. The van der Waals surface area contributed by atoms with Crippen molar-refractivity contribution in [2.45, 2.75) is 13.8 Å². The van der Waals surface area contributed by atoms with Crippen molar-refractivity contribution in [3.05, 3.63) is 35.5 Å². The number of halogens is 1. The van der Waals surface area contributed by atoms with Crippen molar-refractivity contribution in [3.63, 3.8) is 0 Å². The van der Waals surface area contributed by atoms with E-state index in [0.29, 0.717) is 0 Å². The van der Waals surface area contributed by atoms with Crippen molar-refractivity contribution in [3.8, 4) is 0 Å². The molecule has 1 aromatic heterocycles. The Morgan fingerprint density at radius 2 is 1.79 bits per heavy atom. The molecule has 2 heterocycles. The molecule has 1 saturated heterocycles. The SMILES string of the molecule is Cc1cc2nccc(N3CCNCC3)c2cc1C.Cl. The van der Waals surface area contributed by atoms with Crippen LogP contribution in [0.1, 0.15) is 11.1 Å². The van der Waals surface area contributed by atoms with E-state index in [9.17, 15) is 0 Å². The Balaban J connectivity index is 0.00000133. The third-order valence-corrected chi connectivity index (χ3v) is 3.79. The van der Waals surface area contributed by atoms with Gasteiger partial charge in [0.15, 0.2) is 0 Å². The van der Waals surface area contributed by atoms with E-state index in [0.717, 1.165) is 31.7 Å². The summed E-state index contributed by atoms with van der Waals surface area (Å²) in [5.74, 6) is 0. The molecular weight excluding hydrogens is 258 g/mol. The van der Waals surface area contributed by atoms with Crippen molar-refractivity contribution in [1.82, 2.24) is 10.3 Å². The van der Waals surface area contributed by atoms with Gasteiger partial charge in [0.25, 0.3) is 0 Å². The molecule has 3 nitrogen and oxygen atoms in total. The Morgan fingerprint density at radius 3 is 2.53 bits per heavy atom. The largest absolute Gasteiger partial charge is 0.368 e. The molecule has 0 bridgehead atoms. The Labute approximate surface area is 120 Å². The molecule has 2 aromatic rings. The van der Waals surface area contributed by atoms with Gasteiger partial charge in [0.2, 0.25) is 0 Å². The maximum absolute atomic E-state index is 4.50. The van der Waals surface area contributed by atoms with Crippen molar-refractivity contribution >= 4 is 29.0 Å². The van der Waals surface area contributed by atoms with E-state index in [2.05, 4.69) is 47.2 Å². The number of rotatable bonds is 1. The molecule has 0 unspecified atom stereocenters. The number of aromatic nitrogens is 1. The molecule has 0 aliphatic carbocycles. The van der Waals surface area contributed by atoms with Crippen LogP contribution in [0.25, 0.3) is 10.9 Å². The van der Waals surface area contributed by atoms with Gasteiger partial charge in [-0.05, 0) is 43.2 Å². The second kappa shape index (κ2) is 5.76. The van der Waals surface area contributed by atoms with Crippen LogP contribution in [-0.4, -0.2) is 31.2 Å². The highest BCUT2D eigenvalue weighted by atomic mass is 35.5. The van der Waals surface area contributed by atoms with Gasteiger partial charge in [-0.25, -0.2) is 0 Å². The maximum atomic E-state index is 4.50. The number of piperazine rings is 1. The summed E-state index contributed by atoms with van der Waals surface area (Å²) in [5, 5.41) is 4.68. The summed E-state index contributed by atoms with van der Waals surface area (Å²) in [6.07, 6.45) is 1.93. The van der Waals surface area contributed by atoms with E-state index in [-0.39, 0.29) is 12.4 Å². The normalized spacial score (nSPS) is 15.4. The lowest BCUT2D eigenvalue weighted by molar-refractivity contribution is 0.590. The Kier molecular flexibility index (Phi) is 4.27. The lowest BCUT2D eigenvalue weighted by atomic mass is 10.0. The van der Waals surface area contributed by atoms with Gasteiger partial charge in [-0.3, -0.25) is 4.98 Å². The van der Waals surface area contributed by atoms with Crippen molar-refractivity contribution < 1.29 is 0 Å². The molecule has 1 fully saturated rings. The average molecular weight is 278 g/mol. The van der Waals surface area contributed by atoms with Gasteiger partial charge < -0.3 is 10.2 Å². The number of aryl methyl sites for hydroxylation is 2. The van der Waals surface area contributed by atoms with Gasteiger partial charge in [-0.1, -0.05) is 0 Å². The number of nitrogens with zero attached hydrogens (tertiary/aromatic N) is 2. The fourth-order valence-electron chi connectivity index (χ4n) is 2.57. The van der Waals surface area contributed by atoms with Gasteiger partial charge in [0, 0.05) is 43.4 Å². The first-order chi connectivity index (χ1) is 8.75. The van der Waals surface area contributed by atoms with Crippen LogP contribution >= 0.6 is 12.4 Å². The molecule has 0 radical (unpaired) electrons. The monoisotopic (exact) mass is 277 g/mol. The summed E-state index contributed by atoms with van der Waals surface area (Å²) in [6, 6.07) is 6.60. The second-order valence-electron chi connectivity index (χ2n) is 5.02. The number of pyridine rings is 1. The molecule has 0 spiro atoms. The highest BCUT2D eigenvalue weighted by Crippen LogP contribution is 2.27. The minimum absolute atomic E-state index is 0. The first-order valence-electron chi connectivity index (χ1n) is 6.57. The van der Waals surface area contributed by atoms with E-state index in [1.165, 1.54) is 22.2 Å². The Bertz CT molecular complexity index is 577. The molecule has 19 heavy (non-hydrogen) atoms. The molecule has 0 atom stereocenters. The van der Waals surface area contributed by atoms with Crippen LogP contribution in [-0.2, 0) is 0 Å². The van der Waals surface area contributed by atoms with Gasteiger partial charge in [-0.15, -0.1) is 12.4 Å². The van der Waals surface area contributed by atoms with Gasteiger partial charge >= 0.3 is 0 Å². The Morgan fingerprint density at radius 1 is 1.11 bits per heavy atom. The summed E-state index contributed by atoms with van der Waals surface area (Å²) in [4.78, 5) is 6.95. The molecule has 0 saturated carbocycles. The standard InChI is InChI=1S/C15H19N3.ClH/c1-11-9-13-14(10-12(11)2)17-4-3-15(13)18-7-5-16-6-8-18;/h3-4,9-10,16H,5-8H2,1-2H3;1H. The molecule has 1 aromatic carbocycles. The van der Waals surface area contributed by atoms with Crippen LogP contribution in [0.5, 0.6) is 0 Å². The summed E-state index contributed by atoms with van der Waals surface area (Å²) in [5.41, 5.74) is 5.08. The topological polar surface area (TPSA) is 28.2 Å². The third-order valence-electron chi connectivity index (χ3n) is 3.79. The van der Waals surface area contributed by atoms with E-state index < -0.39 is 0 Å². The van der Waals surface area contributed by atoms with Crippen LogP contribution in [0.3, 0.4) is 0 Å². The van der Waals surface area contributed by atoms with E-state index in [1.807, 2.05) is 6.20 Å². The summed E-state index contributed by atoms with van der Waals surface area (Å²) < 4.78 is 0.